The second-order valence-electron chi connectivity index (χ2n) is 8.41. The van der Waals surface area contributed by atoms with E-state index >= 15 is 4.39 Å². The zero-order valence-corrected chi connectivity index (χ0v) is 19.4. The molecule has 1 aliphatic heterocycles. The Morgan fingerprint density at radius 3 is 2.79 bits per heavy atom. The number of benzene rings is 2. The number of morpholine rings is 1. The van der Waals surface area contributed by atoms with Crippen molar-refractivity contribution in [3.8, 4) is 11.3 Å². The number of thiophene rings is 1. The lowest BCUT2D eigenvalue weighted by Crippen LogP contribution is -2.36. The highest BCUT2D eigenvalue weighted by molar-refractivity contribution is 7.17. The van der Waals surface area contributed by atoms with Crippen LogP contribution in [0.5, 0.6) is 0 Å². The average molecular weight is 472 g/mol. The summed E-state index contributed by atoms with van der Waals surface area (Å²) in [5.41, 5.74) is 4.78. The summed E-state index contributed by atoms with van der Waals surface area (Å²) in [7, 11) is 0. The van der Waals surface area contributed by atoms with Crippen LogP contribution in [0.4, 0.5) is 10.1 Å². The normalized spacial score (nSPS) is 15.2. The van der Waals surface area contributed by atoms with E-state index in [1.54, 1.807) is 17.5 Å². The van der Waals surface area contributed by atoms with Gasteiger partial charge < -0.3 is 9.64 Å². The van der Waals surface area contributed by atoms with Crippen molar-refractivity contribution in [2.45, 2.75) is 12.8 Å². The summed E-state index contributed by atoms with van der Waals surface area (Å²) in [6.45, 7) is 5.19. The monoisotopic (exact) mass is 471 g/mol. The molecule has 0 spiro atoms. The average Bonchev–Trinajstić information content (AvgIpc) is 3.38. The summed E-state index contributed by atoms with van der Waals surface area (Å²) in [5.74, 6) is -0.362. The molecule has 6 rings (SSSR count). The maximum atomic E-state index is 15.1. The highest BCUT2D eigenvalue weighted by Crippen LogP contribution is 2.35. The maximum Gasteiger partial charge on any atom is 0.132 e. The van der Waals surface area contributed by atoms with Crippen LogP contribution in [0, 0.1) is 5.82 Å². The molecular formula is C26H22FN5OS. The van der Waals surface area contributed by atoms with Gasteiger partial charge in [-0.25, -0.2) is 14.4 Å². The van der Waals surface area contributed by atoms with Gasteiger partial charge in [0.1, 0.15) is 12.1 Å². The number of aromatic nitrogens is 4. The van der Waals surface area contributed by atoms with E-state index in [-0.39, 0.29) is 11.7 Å². The van der Waals surface area contributed by atoms with Crippen molar-refractivity contribution in [2.24, 2.45) is 0 Å². The molecule has 1 unspecified atom stereocenters. The van der Waals surface area contributed by atoms with Crippen molar-refractivity contribution in [1.82, 2.24) is 20.2 Å². The molecule has 34 heavy (non-hydrogen) atoms. The molecule has 0 radical (unpaired) electrons. The number of hydrogen-bond donors (Lipinski definition) is 0. The fourth-order valence-electron chi connectivity index (χ4n) is 4.58. The molecule has 0 aliphatic carbocycles. The number of fused-ring (bicyclic) bond motifs is 2. The lowest BCUT2D eigenvalue weighted by molar-refractivity contribution is 0.122. The summed E-state index contributed by atoms with van der Waals surface area (Å²) < 4.78 is 21.7. The Hall–Kier alpha value is -3.49. The molecule has 5 aromatic rings. The minimum Gasteiger partial charge on any atom is -0.378 e. The Morgan fingerprint density at radius 1 is 1.03 bits per heavy atom. The van der Waals surface area contributed by atoms with Crippen molar-refractivity contribution in [3.05, 3.63) is 77.4 Å². The number of anilines is 1. The Morgan fingerprint density at radius 2 is 1.91 bits per heavy atom. The van der Waals surface area contributed by atoms with E-state index in [1.165, 1.54) is 12.4 Å². The SMILES string of the molecule is CC(c1ccc(F)c(-c2ncnc3cc(N4CCOCC4)ccc23)c1)c1nncc2sccc12. The number of hydrogen-bond acceptors (Lipinski definition) is 7. The molecule has 0 N–H and O–H groups in total. The highest BCUT2D eigenvalue weighted by Gasteiger charge is 2.19. The molecular weight excluding hydrogens is 449 g/mol. The Balaban J connectivity index is 1.42. The molecule has 1 aliphatic rings. The standard InChI is InChI=1S/C26H22FN5OS/c1-16(25-20-6-11-34-24(20)14-30-31-25)17-2-5-22(27)21(12-17)26-19-4-3-18(13-23(19)28-15-29-26)32-7-9-33-10-8-32/h2-6,11-16H,7-10H2,1H3. The minimum absolute atomic E-state index is 0.0498. The van der Waals surface area contributed by atoms with Gasteiger partial charge in [0.05, 0.1) is 41.0 Å². The molecule has 170 valence electrons. The smallest absolute Gasteiger partial charge is 0.132 e. The van der Waals surface area contributed by atoms with Crippen molar-refractivity contribution < 1.29 is 9.13 Å². The van der Waals surface area contributed by atoms with Gasteiger partial charge in [-0.15, -0.1) is 11.3 Å². The van der Waals surface area contributed by atoms with Crippen LogP contribution in [0.2, 0.25) is 0 Å². The van der Waals surface area contributed by atoms with Crippen LogP contribution in [0.15, 0.2) is 60.4 Å². The minimum atomic E-state index is -0.312. The van der Waals surface area contributed by atoms with Gasteiger partial charge in [0.25, 0.3) is 0 Å². The quantitative estimate of drug-likeness (QED) is 0.348. The third kappa shape index (κ3) is 3.69. The van der Waals surface area contributed by atoms with E-state index in [1.807, 2.05) is 29.6 Å². The lowest BCUT2D eigenvalue weighted by Gasteiger charge is -2.29. The largest absolute Gasteiger partial charge is 0.378 e. The second kappa shape index (κ2) is 8.70. The van der Waals surface area contributed by atoms with E-state index in [0.717, 1.165) is 51.0 Å². The van der Waals surface area contributed by atoms with Crippen LogP contribution in [0.25, 0.3) is 32.2 Å². The summed E-state index contributed by atoms with van der Waals surface area (Å²) in [5, 5.41) is 12.5. The maximum absolute atomic E-state index is 15.1. The van der Waals surface area contributed by atoms with Crippen molar-refractivity contribution in [3.63, 3.8) is 0 Å². The number of halogens is 1. The molecule has 1 saturated heterocycles. The summed E-state index contributed by atoms with van der Waals surface area (Å²) in [6.07, 6.45) is 3.29. The molecule has 6 nitrogen and oxygen atoms in total. The van der Waals surface area contributed by atoms with Crippen molar-refractivity contribution in [1.29, 1.82) is 0 Å². The summed E-state index contributed by atoms with van der Waals surface area (Å²) >= 11 is 1.64. The first kappa shape index (κ1) is 21.1. The second-order valence-corrected chi connectivity index (χ2v) is 9.36. The third-order valence-corrected chi connectivity index (χ3v) is 7.32. The molecule has 1 fully saturated rings. The van der Waals surface area contributed by atoms with Gasteiger partial charge in [0.2, 0.25) is 0 Å². The van der Waals surface area contributed by atoms with Crippen LogP contribution in [-0.2, 0) is 4.74 Å². The van der Waals surface area contributed by atoms with Crippen LogP contribution in [-0.4, -0.2) is 46.5 Å². The number of ether oxygens (including phenoxy) is 1. The van der Waals surface area contributed by atoms with Crippen LogP contribution < -0.4 is 4.90 Å². The molecule has 0 bridgehead atoms. The van der Waals surface area contributed by atoms with E-state index < -0.39 is 0 Å². The zero-order valence-electron chi connectivity index (χ0n) is 18.6. The fraction of sp³-hybridized carbons (Fsp3) is 0.231. The van der Waals surface area contributed by atoms with Gasteiger partial charge in [-0.05, 0) is 47.3 Å². The third-order valence-electron chi connectivity index (χ3n) is 6.46. The summed E-state index contributed by atoms with van der Waals surface area (Å²) in [4.78, 5) is 11.2. The molecule has 4 heterocycles. The summed E-state index contributed by atoms with van der Waals surface area (Å²) in [6, 6.07) is 13.4. The van der Waals surface area contributed by atoms with Crippen molar-refractivity contribution >= 4 is 38.0 Å². The zero-order chi connectivity index (χ0) is 23.1. The van der Waals surface area contributed by atoms with E-state index in [2.05, 4.69) is 44.1 Å². The first-order valence-electron chi connectivity index (χ1n) is 11.2. The fourth-order valence-corrected chi connectivity index (χ4v) is 5.34. The Labute approximate surface area is 200 Å². The van der Waals surface area contributed by atoms with Crippen LogP contribution >= 0.6 is 11.3 Å². The Bertz CT molecular complexity index is 1500. The molecule has 2 aromatic carbocycles. The van der Waals surface area contributed by atoms with Gasteiger partial charge in [-0.2, -0.15) is 10.2 Å². The predicted molar refractivity (Wildman–Crippen MR) is 133 cm³/mol. The van der Waals surface area contributed by atoms with Gasteiger partial charge in [0, 0.05) is 41.0 Å². The van der Waals surface area contributed by atoms with Gasteiger partial charge in [-0.1, -0.05) is 13.0 Å². The van der Waals surface area contributed by atoms with Crippen molar-refractivity contribution in [2.75, 3.05) is 31.2 Å². The van der Waals surface area contributed by atoms with Crippen LogP contribution in [0.1, 0.15) is 24.1 Å². The molecule has 0 amide bonds. The Kier molecular flexibility index (Phi) is 5.39. The molecule has 3 aromatic heterocycles. The lowest BCUT2D eigenvalue weighted by atomic mass is 9.93. The van der Waals surface area contributed by atoms with E-state index in [0.29, 0.717) is 24.5 Å². The van der Waals surface area contributed by atoms with Gasteiger partial charge >= 0.3 is 0 Å². The number of nitrogens with zero attached hydrogens (tertiary/aromatic N) is 5. The molecule has 8 heteroatoms. The molecule has 0 saturated carbocycles. The predicted octanol–water partition coefficient (Wildman–Crippen LogP) is 5.43. The first-order valence-corrected chi connectivity index (χ1v) is 12.1. The molecule has 1 atom stereocenters. The topological polar surface area (TPSA) is 64.0 Å². The van der Waals surface area contributed by atoms with E-state index in [9.17, 15) is 0 Å². The first-order chi connectivity index (χ1) is 16.7. The highest BCUT2D eigenvalue weighted by atomic mass is 32.1. The van der Waals surface area contributed by atoms with E-state index in [4.69, 9.17) is 4.74 Å². The number of rotatable bonds is 4. The van der Waals surface area contributed by atoms with Gasteiger partial charge in [-0.3, -0.25) is 0 Å². The van der Waals surface area contributed by atoms with Crippen LogP contribution in [0.3, 0.4) is 0 Å². The van der Waals surface area contributed by atoms with Gasteiger partial charge in [0.15, 0.2) is 0 Å².